The standard InChI is InChI=1S/C14H18N2O2/c1-10-11-6-4-5-7-12(11)16(2)13(10)8-15-9-14(17)18-3/h4-7,15H,8-9H2,1-3H3. The predicted molar refractivity (Wildman–Crippen MR) is 71.4 cm³/mol. The Morgan fingerprint density at radius 2 is 2.11 bits per heavy atom. The SMILES string of the molecule is COC(=O)CNCc1c(C)c2ccccc2n1C. The van der Waals surface area contributed by atoms with Crippen molar-refractivity contribution in [3.8, 4) is 0 Å². The Kier molecular flexibility index (Phi) is 3.67. The van der Waals surface area contributed by atoms with Crippen molar-refractivity contribution in [3.63, 3.8) is 0 Å². The van der Waals surface area contributed by atoms with Crippen molar-refractivity contribution in [1.29, 1.82) is 0 Å². The first-order chi connectivity index (χ1) is 8.65. The number of hydrogen-bond acceptors (Lipinski definition) is 3. The van der Waals surface area contributed by atoms with Gasteiger partial charge in [-0.3, -0.25) is 4.79 Å². The fourth-order valence-corrected chi connectivity index (χ4v) is 2.24. The molecule has 0 saturated carbocycles. The third-order valence-electron chi connectivity index (χ3n) is 3.30. The highest BCUT2D eigenvalue weighted by atomic mass is 16.5. The van der Waals surface area contributed by atoms with Crippen LogP contribution >= 0.6 is 0 Å². The van der Waals surface area contributed by atoms with E-state index in [-0.39, 0.29) is 12.5 Å². The third-order valence-corrected chi connectivity index (χ3v) is 3.30. The molecule has 0 amide bonds. The summed E-state index contributed by atoms with van der Waals surface area (Å²) in [4.78, 5) is 11.1. The first kappa shape index (κ1) is 12.6. The molecule has 1 N–H and O–H groups in total. The van der Waals surface area contributed by atoms with Gasteiger partial charge in [0.2, 0.25) is 0 Å². The quantitative estimate of drug-likeness (QED) is 0.836. The summed E-state index contributed by atoms with van der Waals surface area (Å²) < 4.78 is 6.76. The molecule has 1 aromatic carbocycles. The van der Waals surface area contributed by atoms with Crippen molar-refractivity contribution in [1.82, 2.24) is 9.88 Å². The topological polar surface area (TPSA) is 43.3 Å². The van der Waals surface area contributed by atoms with Crippen LogP contribution in [0.4, 0.5) is 0 Å². The van der Waals surface area contributed by atoms with Gasteiger partial charge in [-0.15, -0.1) is 0 Å². The number of aromatic nitrogens is 1. The number of carbonyl (C=O) groups is 1. The van der Waals surface area contributed by atoms with Gasteiger partial charge in [0.15, 0.2) is 0 Å². The average Bonchev–Trinajstić information content (AvgIpc) is 2.64. The van der Waals surface area contributed by atoms with Gasteiger partial charge in [0.1, 0.15) is 0 Å². The smallest absolute Gasteiger partial charge is 0.319 e. The van der Waals surface area contributed by atoms with Gasteiger partial charge >= 0.3 is 5.97 Å². The number of ether oxygens (including phenoxy) is 1. The molecule has 0 bridgehead atoms. The van der Waals surface area contributed by atoms with Crippen LogP contribution in [-0.2, 0) is 23.1 Å². The van der Waals surface area contributed by atoms with Crippen LogP contribution in [0, 0.1) is 6.92 Å². The molecule has 0 spiro atoms. The van der Waals surface area contributed by atoms with Crippen LogP contribution in [0.3, 0.4) is 0 Å². The van der Waals surface area contributed by atoms with Crippen molar-refractivity contribution in [2.75, 3.05) is 13.7 Å². The highest BCUT2D eigenvalue weighted by Gasteiger charge is 2.11. The minimum absolute atomic E-state index is 0.234. The minimum Gasteiger partial charge on any atom is -0.468 e. The van der Waals surface area contributed by atoms with Gasteiger partial charge in [-0.25, -0.2) is 0 Å². The first-order valence-electron chi connectivity index (χ1n) is 5.95. The summed E-state index contributed by atoms with van der Waals surface area (Å²) in [5.74, 6) is -0.244. The van der Waals surface area contributed by atoms with E-state index in [1.165, 1.54) is 29.3 Å². The second-order valence-corrected chi connectivity index (χ2v) is 4.33. The zero-order chi connectivity index (χ0) is 13.1. The molecule has 0 atom stereocenters. The molecule has 96 valence electrons. The van der Waals surface area contributed by atoms with E-state index in [2.05, 4.69) is 33.7 Å². The molecule has 0 radical (unpaired) electrons. The van der Waals surface area contributed by atoms with E-state index in [9.17, 15) is 4.79 Å². The zero-order valence-corrected chi connectivity index (χ0v) is 11.0. The Balaban J connectivity index is 2.20. The Hall–Kier alpha value is -1.81. The molecule has 2 rings (SSSR count). The number of fused-ring (bicyclic) bond motifs is 1. The van der Waals surface area contributed by atoms with E-state index in [0.29, 0.717) is 6.54 Å². The molecule has 0 aliphatic carbocycles. The zero-order valence-electron chi connectivity index (χ0n) is 11.0. The van der Waals surface area contributed by atoms with E-state index in [0.717, 1.165) is 0 Å². The molecule has 1 heterocycles. The molecule has 18 heavy (non-hydrogen) atoms. The maximum Gasteiger partial charge on any atom is 0.319 e. The first-order valence-corrected chi connectivity index (χ1v) is 5.95. The van der Waals surface area contributed by atoms with Gasteiger partial charge in [-0.2, -0.15) is 0 Å². The van der Waals surface area contributed by atoms with Gasteiger partial charge in [0.05, 0.1) is 13.7 Å². The summed E-state index contributed by atoms with van der Waals surface area (Å²) in [5.41, 5.74) is 3.66. The average molecular weight is 246 g/mol. The molecule has 0 fully saturated rings. The molecule has 0 aliphatic rings. The number of hydrogen-bond donors (Lipinski definition) is 1. The number of rotatable bonds is 4. The fraction of sp³-hybridized carbons (Fsp3) is 0.357. The maximum atomic E-state index is 11.1. The highest BCUT2D eigenvalue weighted by molar-refractivity contribution is 5.85. The summed E-state index contributed by atoms with van der Waals surface area (Å²) >= 11 is 0. The summed E-state index contributed by atoms with van der Waals surface area (Å²) in [6.45, 7) is 3.00. The van der Waals surface area contributed by atoms with Gasteiger partial charge in [-0.05, 0) is 18.6 Å². The number of carbonyl (C=O) groups excluding carboxylic acids is 1. The van der Waals surface area contributed by atoms with Crippen molar-refractivity contribution < 1.29 is 9.53 Å². The number of nitrogens with zero attached hydrogens (tertiary/aromatic N) is 1. The van der Waals surface area contributed by atoms with Crippen molar-refractivity contribution in [3.05, 3.63) is 35.5 Å². The largest absolute Gasteiger partial charge is 0.468 e. The van der Waals surface area contributed by atoms with E-state index >= 15 is 0 Å². The van der Waals surface area contributed by atoms with Crippen LogP contribution in [0.1, 0.15) is 11.3 Å². The Morgan fingerprint density at radius 1 is 1.39 bits per heavy atom. The van der Waals surface area contributed by atoms with Gasteiger partial charge in [-0.1, -0.05) is 18.2 Å². The van der Waals surface area contributed by atoms with E-state index in [4.69, 9.17) is 0 Å². The summed E-state index contributed by atoms with van der Waals surface area (Å²) in [7, 11) is 3.44. The Morgan fingerprint density at radius 3 is 2.78 bits per heavy atom. The van der Waals surface area contributed by atoms with Crippen molar-refractivity contribution in [2.24, 2.45) is 7.05 Å². The van der Waals surface area contributed by atoms with Crippen LogP contribution in [0.5, 0.6) is 0 Å². The lowest BCUT2D eigenvalue weighted by Gasteiger charge is -2.07. The van der Waals surface area contributed by atoms with Gasteiger partial charge in [0, 0.05) is 30.2 Å². The molecular formula is C14H18N2O2. The van der Waals surface area contributed by atoms with Crippen LogP contribution < -0.4 is 5.32 Å². The number of aryl methyl sites for hydroxylation is 2. The van der Waals surface area contributed by atoms with Gasteiger partial charge in [0.25, 0.3) is 0 Å². The predicted octanol–water partition coefficient (Wildman–Crippen LogP) is 1.75. The second-order valence-electron chi connectivity index (χ2n) is 4.33. The van der Waals surface area contributed by atoms with E-state index in [1.807, 2.05) is 19.2 Å². The van der Waals surface area contributed by atoms with Crippen LogP contribution in [0.2, 0.25) is 0 Å². The number of nitrogens with one attached hydrogen (secondary N) is 1. The number of esters is 1. The minimum atomic E-state index is -0.244. The highest BCUT2D eigenvalue weighted by Crippen LogP contribution is 2.23. The lowest BCUT2D eigenvalue weighted by Crippen LogP contribution is -2.24. The molecule has 0 saturated heterocycles. The molecule has 4 nitrogen and oxygen atoms in total. The molecule has 1 aromatic heterocycles. The van der Waals surface area contributed by atoms with Crippen LogP contribution in [-0.4, -0.2) is 24.2 Å². The molecule has 2 aromatic rings. The van der Waals surface area contributed by atoms with Crippen molar-refractivity contribution in [2.45, 2.75) is 13.5 Å². The maximum absolute atomic E-state index is 11.1. The monoisotopic (exact) mass is 246 g/mol. The van der Waals surface area contributed by atoms with Gasteiger partial charge < -0.3 is 14.6 Å². The number of para-hydroxylation sites is 1. The third kappa shape index (κ3) is 2.24. The van der Waals surface area contributed by atoms with Crippen LogP contribution in [0.25, 0.3) is 10.9 Å². The molecular weight excluding hydrogens is 228 g/mol. The van der Waals surface area contributed by atoms with Crippen LogP contribution in [0.15, 0.2) is 24.3 Å². The summed E-state index contributed by atoms with van der Waals surface area (Å²) in [6.07, 6.45) is 0. The van der Waals surface area contributed by atoms with E-state index in [1.54, 1.807) is 0 Å². The fourth-order valence-electron chi connectivity index (χ4n) is 2.24. The van der Waals surface area contributed by atoms with E-state index < -0.39 is 0 Å². The molecule has 4 heteroatoms. The molecule has 0 unspecified atom stereocenters. The summed E-state index contributed by atoms with van der Waals surface area (Å²) in [5, 5.41) is 4.36. The number of benzene rings is 1. The normalized spacial score (nSPS) is 10.8. The van der Waals surface area contributed by atoms with Crippen molar-refractivity contribution >= 4 is 16.9 Å². The lowest BCUT2D eigenvalue weighted by atomic mass is 10.1. The lowest BCUT2D eigenvalue weighted by molar-refractivity contribution is -0.139. The Labute approximate surface area is 107 Å². The second kappa shape index (κ2) is 5.23. The number of methoxy groups -OCH3 is 1. The Bertz CT molecular complexity index is 533. The molecule has 0 aliphatic heterocycles. The summed E-state index contributed by atoms with van der Waals surface area (Å²) in [6, 6.07) is 8.30.